The van der Waals surface area contributed by atoms with Gasteiger partial charge in [-0.3, -0.25) is 10.1 Å². The Morgan fingerprint density at radius 1 is 1.28 bits per heavy atom. The minimum absolute atomic E-state index is 0.687. The maximum atomic E-state index is 6.13. The number of rotatable bonds is 3. The van der Waals surface area contributed by atoms with Gasteiger partial charge in [-0.2, -0.15) is 5.10 Å². The first kappa shape index (κ1) is 10.6. The fourth-order valence-electron chi connectivity index (χ4n) is 1.90. The summed E-state index contributed by atoms with van der Waals surface area (Å²) in [7, 11) is 0. The van der Waals surface area contributed by atoms with Crippen LogP contribution in [-0.2, 0) is 6.54 Å². The van der Waals surface area contributed by atoms with Gasteiger partial charge in [0.25, 0.3) is 0 Å². The highest BCUT2D eigenvalue weighted by molar-refractivity contribution is 5.96. The van der Waals surface area contributed by atoms with Crippen LogP contribution in [0.3, 0.4) is 0 Å². The lowest BCUT2D eigenvalue weighted by Crippen LogP contribution is -2.02. The van der Waals surface area contributed by atoms with Crippen LogP contribution in [-0.4, -0.2) is 15.2 Å². The zero-order chi connectivity index (χ0) is 12.4. The monoisotopic (exact) mass is 239 g/mol. The van der Waals surface area contributed by atoms with Crippen LogP contribution in [0.4, 0.5) is 11.4 Å². The SMILES string of the molecule is Nc1c(NCc2cn[nH]c2)ccc2ncccc12. The van der Waals surface area contributed by atoms with Gasteiger partial charge in [0.15, 0.2) is 0 Å². The summed E-state index contributed by atoms with van der Waals surface area (Å²) in [5, 5.41) is 10.9. The quantitative estimate of drug-likeness (QED) is 0.612. The second-order valence-corrected chi connectivity index (χ2v) is 4.06. The molecule has 2 aromatic heterocycles. The third-order valence-corrected chi connectivity index (χ3v) is 2.86. The van der Waals surface area contributed by atoms with Crippen molar-refractivity contribution in [3.63, 3.8) is 0 Å². The highest BCUT2D eigenvalue weighted by Crippen LogP contribution is 2.27. The van der Waals surface area contributed by atoms with Crippen LogP contribution in [0.25, 0.3) is 10.9 Å². The molecule has 90 valence electrons. The lowest BCUT2D eigenvalue weighted by atomic mass is 10.1. The molecule has 1 aromatic carbocycles. The second kappa shape index (κ2) is 4.37. The highest BCUT2D eigenvalue weighted by atomic mass is 15.1. The van der Waals surface area contributed by atoms with Crippen LogP contribution in [0.2, 0.25) is 0 Å². The third-order valence-electron chi connectivity index (χ3n) is 2.86. The van der Waals surface area contributed by atoms with E-state index < -0.39 is 0 Å². The van der Waals surface area contributed by atoms with Crippen LogP contribution in [0, 0.1) is 0 Å². The molecule has 0 bridgehead atoms. The number of anilines is 2. The van der Waals surface area contributed by atoms with Crippen molar-refractivity contribution in [1.82, 2.24) is 15.2 Å². The molecule has 5 heteroatoms. The molecule has 0 saturated carbocycles. The molecule has 4 N–H and O–H groups in total. The molecule has 0 aliphatic carbocycles. The number of pyridine rings is 1. The van der Waals surface area contributed by atoms with Gasteiger partial charge in [0.05, 0.1) is 23.1 Å². The van der Waals surface area contributed by atoms with Crippen molar-refractivity contribution in [1.29, 1.82) is 0 Å². The summed E-state index contributed by atoms with van der Waals surface area (Å²) in [6.45, 7) is 0.687. The fraction of sp³-hybridized carbons (Fsp3) is 0.0769. The van der Waals surface area contributed by atoms with Gasteiger partial charge in [-0.25, -0.2) is 0 Å². The minimum Gasteiger partial charge on any atom is -0.397 e. The number of nitrogens with one attached hydrogen (secondary N) is 2. The van der Waals surface area contributed by atoms with Crippen LogP contribution >= 0.6 is 0 Å². The summed E-state index contributed by atoms with van der Waals surface area (Å²) in [5.74, 6) is 0. The van der Waals surface area contributed by atoms with Crippen molar-refractivity contribution in [3.05, 3.63) is 48.4 Å². The molecular formula is C13H13N5. The number of hydrogen-bond donors (Lipinski definition) is 3. The number of hydrogen-bond acceptors (Lipinski definition) is 4. The van der Waals surface area contributed by atoms with Crippen LogP contribution in [0.5, 0.6) is 0 Å². The molecule has 0 aliphatic heterocycles. The lowest BCUT2D eigenvalue weighted by molar-refractivity contribution is 1.09. The Hall–Kier alpha value is -2.56. The molecule has 3 rings (SSSR count). The topological polar surface area (TPSA) is 79.6 Å². The average molecular weight is 239 g/mol. The van der Waals surface area contributed by atoms with E-state index in [0.29, 0.717) is 6.54 Å². The molecule has 0 saturated heterocycles. The van der Waals surface area contributed by atoms with Crippen molar-refractivity contribution in [2.75, 3.05) is 11.1 Å². The molecule has 0 unspecified atom stereocenters. The molecule has 0 radical (unpaired) electrons. The summed E-state index contributed by atoms with van der Waals surface area (Å²) in [6, 6.07) is 7.77. The van der Waals surface area contributed by atoms with Gasteiger partial charge in [-0.05, 0) is 24.3 Å². The van der Waals surface area contributed by atoms with Gasteiger partial charge in [0.2, 0.25) is 0 Å². The Morgan fingerprint density at radius 3 is 3.06 bits per heavy atom. The molecule has 3 aromatic rings. The number of H-pyrrole nitrogens is 1. The molecule has 5 nitrogen and oxygen atoms in total. The first-order chi connectivity index (χ1) is 8.84. The number of nitrogens with zero attached hydrogens (tertiary/aromatic N) is 2. The number of aromatic nitrogens is 3. The molecule has 0 aliphatic rings. The molecule has 0 fully saturated rings. The van der Waals surface area contributed by atoms with Gasteiger partial charge < -0.3 is 11.1 Å². The molecule has 18 heavy (non-hydrogen) atoms. The van der Waals surface area contributed by atoms with E-state index in [1.807, 2.05) is 30.5 Å². The van der Waals surface area contributed by atoms with E-state index in [2.05, 4.69) is 20.5 Å². The average Bonchev–Trinajstić information content (AvgIpc) is 2.91. The predicted octanol–water partition coefficient (Wildman–Crippen LogP) is 2.15. The van der Waals surface area contributed by atoms with Gasteiger partial charge >= 0.3 is 0 Å². The predicted molar refractivity (Wildman–Crippen MR) is 72.1 cm³/mol. The zero-order valence-electron chi connectivity index (χ0n) is 9.72. The fourth-order valence-corrected chi connectivity index (χ4v) is 1.90. The summed E-state index contributed by atoms with van der Waals surface area (Å²) in [5.41, 5.74) is 9.76. The van der Waals surface area contributed by atoms with Crippen molar-refractivity contribution in [2.24, 2.45) is 0 Å². The summed E-state index contributed by atoms with van der Waals surface area (Å²) >= 11 is 0. The molecule has 0 spiro atoms. The standard InChI is InChI=1S/C13H13N5/c14-13-10-2-1-5-15-11(10)3-4-12(13)16-6-9-7-17-18-8-9/h1-5,7-8,16H,6,14H2,(H,17,18). The number of benzene rings is 1. The Labute approximate surface area is 104 Å². The third kappa shape index (κ3) is 1.86. The van der Waals surface area contributed by atoms with E-state index in [4.69, 9.17) is 5.73 Å². The Balaban J connectivity index is 1.90. The maximum Gasteiger partial charge on any atom is 0.0724 e. The number of nitrogen functional groups attached to an aromatic ring is 1. The van der Waals surface area contributed by atoms with Gasteiger partial charge in [0, 0.05) is 29.9 Å². The maximum absolute atomic E-state index is 6.13. The van der Waals surface area contributed by atoms with Crippen LogP contribution < -0.4 is 11.1 Å². The van der Waals surface area contributed by atoms with E-state index >= 15 is 0 Å². The van der Waals surface area contributed by atoms with Crippen molar-refractivity contribution >= 4 is 22.3 Å². The Kier molecular flexibility index (Phi) is 2.57. The van der Waals surface area contributed by atoms with E-state index in [9.17, 15) is 0 Å². The molecule has 0 atom stereocenters. The summed E-state index contributed by atoms with van der Waals surface area (Å²) in [4.78, 5) is 4.27. The van der Waals surface area contributed by atoms with Crippen molar-refractivity contribution < 1.29 is 0 Å². The van der Waals surface area contributed by atoms with E-state index in [0.717, 1.165) is 27.8 Å². The van der Waals surface area contributed by atoms with E-state index in [-0.39, 0.29) is 0 Å². The highest BCUT2D eigenvalue weighted by Gasteiger charge is 2.04. The number of fused-ring (bicyclic) bond motifs is 1. The molecular weight excluding hydrogens is 226 g/mol. The van der Waals surface area contributed by atoms with Crippen molar-refractivity contribution in [2.45, 2.75) is 6.54 Å². The second-order valence-electron chi connectivity index (χ2n) is 4.06. The number of aromatic amines is 1. The smallest absolute Gasteiger partial charge is 0.0724 e. The van der Waals surface area contributed by atoms with Crippen LogP contribution in [0.1, 0.15) is 5.56 Å². The molecule has 2 heterocycles. The number of nitrogens with two attached hydrogens (primary N) is 1. The normalized spacial score (nSPS) is 10.7. The zero-order valence-corrected chi connectivity index (χ0v) is 9.72. The largest absolute Gasteiger partial charge is 0.397 e. The van der Waals surface area contributed by atoms with Gasteiger partial charge in [-0.1, -0.05) is 0 Å². The van der Waals surface area contributed by atoms with Crippen molar-refractivity contribution in [3.8, 4) is 0 Å². The summed E-state index contributed by atoms with van der Waals surface area (Å²) < 4.78 is 0. The van der Waals surface area contributed by atoms with E-state index in [1.165, 1.54) is 0 Å². The molecule has 0 amide bonds. The summed E-state index contributed by atoms with van der Waals surface area (Å²) in [6.07, 6.45) is 5.40. The van der Waals surface area contributed by atoms with Gasteiger partial charge in [-0.15, -0.1) is 0 Å². The lowest BCUT2D eigenvalue weighted by Gasteiger charge is -2.10. The Bertz CT molecular complexity index is 660. The van der Waals surface area contributed by atoms with Gasteiger partial charge in [0.1, 0.15) is 0 Å². The van der Waals surface area contributed by atoms with E-state index in [1.54, 1.807) is 12.4 Å². The first-order valence-corrected chi connectivity index (χ1v) is 5.69. The van der Waals surface area contributed by atoms with Crippen LogP contribution in [0.15, 0.2) is 42.9 Å². The first-order valence-electron chi connectivity index (χ1n) is 5.69. The minimum atomic E-state index is 0.687. The Morgan fingerprint density at radius 2 is 2.22 bits per heavy atom.